The van der Waals surface area contributed by atoms with Crippen molar-refractivity contribution in [3.63, 3.8) is 0 Å². The van der Waals surface area contributed by atoms with Crippen molar-refractivity contribution in [2.24, 2.45) is 11.8 Å². The summed E-state index contributed by atoms with van der Waals surface area (Å²) in [6, 6.07) is 3.16. The van der Waals surface area contributed by atoms with Gasteiger partial charge in [-0.15, -0.1) is 11.3 Å². The molecule has 0 saturated carbocycles. The number of aliphatic carboxylic acids is 1. The molecule has 3 nitrogen and oxygen atoms in total. The Kier molecular flexibility index (Phi) is 3.88. The molecule has 0 saturated heterocycles. The average molecular weight is 247 g/mol. The highest BCUT2D eigenvalue weighted by molar-refractivity contribution is 7.18. The lowest BCUT2D eigenvalue weighted by molar-refractivity contribution is -0.141. The van der Waals surface area contributed by atoms with Crippen LogP contribution in [0.4, 0.5) is 0 Å². The Balaban J connectivity index is 2.96. The molecule has 82 valence electrons. The van der Waals surface area contributed by atoms with Gasteiger partial charge in [-0.25, -0.2) is 0 Å². The Hall–Kier alpha value is -0.870. The molecule has 0 radical (unpaired) electrons. The molecule has 1 atom stereocenters. The van der Waals surface area contributed by atoms with Gasteiger partial charge >= 0.3 is 5.97 Å². The summed E-state index contributed by atoms with van der Waals surface area (Å²) < 4.78 is 0.492. The van der Waals surface area contributed by atoms with Crippen LogP contribution in [0.2, 0.25) is 4.34 Å². The molecule has 0 aliphatic carbocycles. The zero-order valence-electron chi connectivity index (χ0n) is 8.36. The largest absolute Gasteiger partial charge is 0.481 e. The highest BCUT2D eigenvalue weighted by Crippen LogP contribution is 2.26. The zero-order valence-corrected chi connectivity index (χ0v) is 9.93. The summed E-state index contributed by atoms with van der Waals surface area (Å²) in [5, 5.41) is 8.93. The molecule has 0 aliphatic heterocycles. The van der Waals surface area contributed by atoms with Crippen LogP contribution in [-0.2, 0) is 4.79 Å². The molecular formula is C10H11ClO3S. The number of ketones is 1. The van der Waals surface area contributed by atoms with Crippen molar-refractivity contribution < 1.29 is 14.7 Å². The average Bonchev–Trinajstić information content (AvgIpc) is 2.50. The monoisotopic (exact) mass is 246 g/mol. The Bertz CT molecular complexity index is 384. The second kappa shape index (κ2) is 4.77. The molecule has 0 bridgehead atoms. The molecule has 1 unspecified atom stereocenters. The van der Waals surface area contributed by atoms with Gasteiger partial charge in [0.2, 0.25) is 0 Å². The normalized spacial score (nSPS) is 12.8. The summed E-state index contributed by atoms with van der Waals surface area (Å²) in [6.45, 7) is 3.43. The Labute approximate surface area is 96.7 Å². The third-order valence-electron chi connectivity index (χ3n) is 2.03. The minimum absolute atomic E-state index is 0.226. The number of thiophene rings is 1. The van der Waals surface area contributed by atoms with E-state index in [-0.39, 0.29) is 11.7 Å². The quantitative estimate of drug-likeness (QED) is 0.657. The maximum absolute atomic E-state index is 11.8. The van der Waals surface area contributed by atoms with Crippen molar-refractivity contribution in [1.82, 2.24) is 0 Å². The van der Waals surface area contributed by atoms with Gasteiger partial charge < -0.3 is 5.11 Å². The molecular weight excluding hydrogens is 236 g/mol. The molecule has 15 heavy (non-hydrogen) atoms. The van der Waals surface area contributed by atoms with Gasteiger partial charge in [0.1, 0.15) is 5.92 Å². The van der Waals surface area contributed by atoms with E-state index in [1.807, 2.05) is 0 Å². The van der Waals surface area contributed by atoms with E-state index < -0.39 is 11.9 Å². The second-order valence-electron chi connectivity index (χ2n) is 3.53. The van der Waals surface area contributed by atoms with E-state index in [1.54, 1.807) is 26.0 Å². The van der Waals surface area contributed by atoms with Crippen molar-refractivity contribution >= 4 is 34.7 Å². The van der Waals surface area contributed by atoms with Crippen LogP contribution in [0.15, 0.2) is 12.1 Å². The van der Waals surface area contributed by atoms with Crippen LogP contribution >= 0.6 is 22.9 Å². The number of Topliss-reactive ketones (excluding diaryl/α,β-unsaturated/α-hetero) is 1. The maximum atomic E-state index is 11.8. The lowest BCUT2D eigenvalue weighted by Gasteiger charge is -2.13. The van der Waals surface area contributed by atoms with E-state index >= 15 is 0 Å². The predicted octanol–water partition coefficient (Wildman–Crippen LogP) is 2.94. The lowest BCUT2D eigenvalue weighted by atomic mass is 9.91. The number of carboxylic acid groups (broad SMARTS) is 1. The van der Waals surface area contributed by atoms with Crippen molar-refractivity contribution in [2.75, 3.05) is 0 Å². The van der Waals surface area contributed by atoms with Crippen LogP contribution in [0.25, 0.3) is 0 Å². The van der Waals surface area contributed by atoms with Crippen LogP contribution in [0.1, 0.15) is 23.5 Å². The summed E-state index contributed by atoms with van der Waals surface area (Å²) in [5.74, 6) is -2.66. The van der Waals surface area contributed by atoms with Crippen molar-refractivity contribution in [3.05, 3.63) is 21.3 Å². The van der Waals surface area contributed by atoms with E-state index in [2.05, 4.69) is 0 Å². The van der Waals surface area contributed by atoms with Gasteiger partial charge in [0.15, 0.2) is 5.78 Å². The van der Waals surface area contributed by atoms with E-state index in [9.17, 15) is 9.59 Å². The molecule has 1 N–H and O–H groups in total. The fraction of sp³-hybridized carbons (Fsp3) is 0.400. The number of carbonyl (C=O) groups excluding carboxylic acids is 1. The number of carboxylic acids is 1. The molecule has 1 rings (SSSR count). The summed E-state index contributed by atoms with van der Waals surface area (Å²) >= 11 is 6.80. The summed E-state index contributed by atoms with van der Waals surface area (Å²) in [5.41, 5.74) is 0. The summed E-state index contributed by atoms with van der Waals surface area (Å²) in [7, 11) is 0. The molecule has 1 heterocycles. The fourth-order valence-electron chi connectivity index (χ4n) is 1.30. The summed E-state index contributed by atoms with van der Waals surface area (Å²) in [6.07, 6.45) is 0. The minimum Gasteiger partial charge on any atom is -0.481 e. The standard InChI is InChI=1S/C10H11ClO3S/c1-5(2)8(10(13)14)9(12)6-3-4-7(11)15-6/h3-5,8H,1-2H3,(H,13,14). The summed E-state index contributed by atoms with van der Waals surface area (Å²) in [4.78, 5) is 23.1. The molecule has 0 aliphatic rings. The first-order chi connectivity index (χ1) is 6.93. The van der Waals surface area contributed by atoms with E-state index in [0.717, 1.165) is 11.3 Å². The van der Waals surface area contributed by atoms with Gasteiger partial charge in [0.05, 0.1) is 9.21 Å². The molecule has 0 aromatic carbocycles. The van der Waals surface area contributed by atoms with Crippen molar-refractivity contribution in [1.29, 1.82) is 0 Å². The third kappa shape index (κ3) is 2.79. The second-order valence-corrected chi connectivity index (χ2v) is 5.24. The SMILES string of the molecule is CC(C)C(C(=O)O)C(=O)c1ccc(Cl)s1. The first-order valence-electron chi connectivity index (χ1n) is 4.46. The van der Waals surface area contributed by atoms with Crippen molar-refractivity contribution in [2.45, 2.75) is 13.8 Å². The smallest absolute Gasteiger partial charge is 0.314 e. The molecule has 5 heteroatoms. The minimum atomic E-state index is -1.08. The van der Waals surface area contributed by atoms with Crippen LogP contribution in [0.5, 0.6) is 0 Å². The molecule has 0 amide bonds. The third-order valence-corrected chi connectivity index (χ3v) is 3.28. The van der Waals surface area contributed by atoms with Gasteiger partial charge in [0.25, 0.3) is 0 Å². The number of rotatable bonds is 4. The van der Waals surface area contributed by atoms with Crippen LogP contribution in [0, 0.1) is 11.8 Å². The molecule has 1 aromatic heterocycles. The number of carbonyl (C=O) groups is 2. The first-order valence-corrected chi connectivity index (χ1v) is 5.65. The molecule has 0 spiro atoms. The van der Waals surface area contributed by atoms with Crippen molar-refractivity contribution in [3.8, 4) is 0 Å². The number of hydrogen-bond acceptors (Lipinski definition) is 3. The lowest BCUT2D eigenvalue weighted by Crippen LogP contribution is -2.28. The Morgan fingerprint density at radius 3 is 2.33 bits per heavy atom. The Morgan fingerprint density at radius 2 is 2.00 bits per heavy atom. The van der Waals surface area contributed by atoms with E-state index in [0.29, 0.717) is 9.21 Å². The highest BCUT2D eigenvalue weighted by Gasteiger charge is 2.31. The topological polar surface area (TPSA) is 54.4 Å². The van der Waals surface area contributed by atoms with Crippen LogP contribution < -0.4 is 0 Å². The predicted molar refractivity (Wildman–Crippen MR) is 59.6 cm³/mol. The highest BCUT2D eigenvalue weighted by atomic mass is 35.5. The molecule has 1 aromatic rings. The van der Waals surface area contributed by atoms with Gasteiger partial charge in [-0.3, -0.25) is 9.59 Å². The van der Waals surface area contributed by atoms with Gasteiger partial charge in [-0.2, -0.15) is 0 Å². The number of halogens is 1. The Morgan fingerprint density at radius 1 is 1.40 bits per heavy atom. The first kappa shape index (κ1) is 12.2. The molecule has 0 fully saturated rings. The fourth-order valence-corrected chi connectivity index (χ4v) is 2.32. The van der Waals surface area contributed by atoms with E-state index in [1.165, 1.54) is 0 Å². The van der Waals surface area contributed by atoms with Crippen LogP contribution in [0.3, 0.4) is 0 Å². The van der Waals surface area contributed by atoms with Gasteiger partial charge in [-0.1, -0.05) is 25.4 Å². The van der Waals surface area contributed by atoms with Gasteiger partial charge in [0, 0.05) is 0 Å². The number of hydrogen-bond donors (Lipinski definition) is 1. The maximum Gasteiger partial charge on any atom is 0.314 e. The zero-order chi connectivity index (χ0) is 11.6. The van der Waals surface area contributed by atoms with Crippen LogP contribution in [-0.4, -0.2) is 16.9 Å². The van der Waals surface area contributed by atoms with Gasteiger partial charge in [-0.05, 0) is 18.1 Å². The van der Waals surface area contributed by atoms with E-state index in [4.69, 9.17) is 16.7 Å².